The van der Waals surface area contributed by atoms with Crippen molar-refractivity contribution in [1.29, 1.82) is 0 Å². The highest BCUT2D eigenvalue weighted by molar-refractivity contribution is 9.11. The minimum absolute atomic E-state index is 0.0424. The molecule has 2 nitrogen and oxygen atoms in total. The zero-order chi connectivity index (χ0) is 15.2. The molecule has 1 aliphatic heterocycles. The van der Waals surface area contributed by atoms with Gasteiger partial charge in [0.15, 0.2) is 0 Å². The van der Waals surface area contributed by atoms with Crippen molar-refractivity contribution < 1.29 is 4.79 Å². The molecule has 1 aromatic rings. The highest BCUT2D eigenvalue weighted by Crippen LogP contribution is 2.51. The van der Waals surface area contributed by atoms with Gasteiger partial charge in [0.05, 0.1) is 16.6 Å². The SMILES string of the molecule is CC12CCCC(Br)=C1N(Cc1cccc(Cl)c1Cl)C(=O)C2. The van der Waals surface area contributed by atoms with Crippen molar-refractivity contribution in [3.8, 4) is 0 Å². The molecule has 0 radical (unpaired) electrons. The number of amides is 1. The van der Waals surface area contributed by atoms with Gasteiger partial charge in [0.25, 0.3) is 0 Å². The van der Waals surface area contributed by atoms with Crippen LogP contribution in [0.15, 0.2) is 28.4 Å². The summed E-state index contributed by atoms with van der Waals surface area (Å²) in [5.41, 5.74) is 1.98. The van der Waals surface area contributed by atoms with Crippen LogP contribution in [0, 0.1) is 5.41 Å². The fraction of sp³-hybridized carbons (Fsp3) is 0.438. The Kier molecular flexibility index (Phi) is 4.10. The number of carbonyl (C=O) groups is 1. The fourth-order valence-electron chi connectivity index (χ4n) is 3.40. The molecule has 21 heavy (non-hydrogen) atoms. The predicted octanol–water partition coefficient (Wildman–Crippen LogP) is 5.52. The zero-order valence-corrected chi connectivity index (χ0v) is 14.9. The number of allylic oxidation sites excluding steroid dienone is 2. The van der Waals surface area contributed by atoms with Crippen LogP contribution in [0.25, 0.3) is 0 Å². The Morgan fingerprint density at radius 2 is 2.14 bits per heavy atom. The van der Waals surface area contributed by atoms with Crippen LogP contribution in [0.4, 0.5) is 0 Å². The van der Waals surface area contributed by atoms with Gasteiger partial charge in [-0.05, 0) is 30.9 Å². The summed E-state index contributed by atoms with van der Waals surface area (Å²) < 4.78 is 1.15. The lowest BCUT2D eigenvalue weighted by atomic mass is 9.77. The van der Waals surface area contributed by atoms with Crippen LogP contribution >= 0.6 is 39.1 Å². The van der Waals surface area contributed by atoms with E-state index in [-0.39, 0.29) is 11.3 Å². The van der Waals surface area contributed by atoms with Crippen molar-refractivity contribution in [1.82, 2.24) is 4.90 Å². The maximum absolute atomic E-state index is 12.5. The zero-order valence-electron chi connectivity index (χ0n) is 11.8. The molecule has 2 aliphatic rings. The van der Waals surface area contributed by atoms with Crippen LogP contribution in [0.1, 0.15) is 38.2 Å². The second kappa shape index (κ2) is 5.60. The maximum atomic E-state index is 12.5. The Morgan fingerprint density at radius 3 is 2.90 bits per heavy atom. The highest BCUT2D eigenvalue weighted by Gasteiger charge is 2.47. The smallest absolute Gasteiger partial charge is 0.228 e. The minimum atomic E-state index is -0.0424. The summed E-state index contributed by atoms with van der Waals surface area (Å²) in [4.78, 5) is 14.4. The molecule has 5 heteroatoms. The van der Waals surface area contributed by atoms with Gasteiger partial charge in [0.2, 0.25) is 5.91 Å². The normalized spacial score (nSPS) is 25.5. The summed E-state index contributed by atoms with van der Waals surface area (Å²) in [6.07, 6.45) is 3.76. The van der Waals surface area contributed by atoms with Gasteiger partial charge in [0.1, 0.15) is 0 Å². The largest absolute Gasteiger partial charge is 0.310 e. The van der Waals surface area contributed by atoms with Gasteiger partial charge in [-0.25, -0.2) is 0 Å². The molecule has 0 spiro atoms. The third kappa shape index (κ3) is 2.64. The van der Waals surface area contributed by atoms with Crippen LogP contribution in [0.2, 0.25) is 10.0 Å². The van der Waals surface area contributed by atoms with E-state index < -0.39 is 0 Å². The number of fused-ring (bicyclic) bond motifs is 1. The molecule has 0 aromatic heterocycles. The second-order valence-electron chi connectivity index (χ2n) is 6.04. The fourth-order valence-corrected chi connectivity index (χ4v) is 4.76. The standard InChI is InChI=1S/C16H16BrCl2NO/c1-16-7-3-5-11(17)15(16)20(13(21)8-16)9-10-4-2-6-12(18)14(10)19/h2,4,6H,3,5,7-9H2,1H3. The third-order valence-corrected chi connectivity index (χ3v) is 6.06. The van der Waals surface area contributed by atoms with Crippen LogP contribution in [0.3, 0.4) is 0 Å². The molecule has 0 N–H and O–H groups in total. The second-order valence-corrected chi connectivity index (χ2v) is 7.78. The average molecular weight is 389 g/mol. The van der Waals surface area contributed by atoms with Crippen molar-refractivity contribution in [2.45, 2.75) is 39.2 Å². The van der Waals surface area contributed by atoms with E-state index in [9.17, 15) is 4.79 Å². The van der Waals surface area contributed by atoms with Crippen molar-refractivity contribution in [3.05, 3.63) is 44.0 Å². The third-order valence-electron chi connectivity index (χ3n) is 4.43. The Labute approximate surface area is 143 Å². The summed E-state index contributed by atoms with van der Waals surface area (Å²) in [5.74, 6) is 0.169. The Morgan fingerprint density at radius 1 is 1.38 bits per heavy atom. The first kappa shape index (κ1) is 15.4. The molecule has 112 valence electrons. The Hall–Kier alpha value is -0.510. The average Bonchev–Trinajstić information content (AvgIpc) is 2.67. The molecule has 1 saturated heterocycles. The topological polar surface area (TPSA) is 20.3 Å². The number of carbonyl (C=O) groups excluding carboxylic acids is 1. The van der Waals surface area contributed by atoms with Gasteiger partial charge >= 0.3 is 0 Å². The lowest BCUT2D eigenvalue weighted by molar-refractivity contribution is -0.127. The molecule has 0 bridgehead atoms. The summed E-state index contributed by atoms with van der Waals surface area (Å²) in [6, 6.07) is 5.56. The molecule has 1 aromatic carbocycles. The number of halogens is 3. The molecule has 1 fully saturated rings. The first-order chi connectivity index (χ1) is 9.92. The van der Waals surface area contributed by atoms with Gasteiger partial charge in [-0.1, -0.05) is 58.2 Å². The summed E-state index contributed by atoms with van der Waals surface area (Å²) >= 11 is 16.0. The summed E-state index contributed by atoms with van der Waals surface area (Å²) in [5, 5.41) is 1.06. The van der Waals surface area contributed by atoms with Gasteiger partial charge in [-0.15, -0.1) is 0 Å². The molecular weight excluding hydrogens is 373 g/mol. The monoisotopic (exact) mass is 387 g/mol. The Balaban J connectivity index is 1.98. The number of hydrogen-bond donors (Lipinski definition) is 0. The molecule has 1 unspecified atom stereocenters. The Bertz CT molecular complexity index is 643. The van der Waals surface area contributed by atoms with Crippen molar-refractivity contribution in [2.24, 2.45) is 5.41 Å². The minimum Gasteiger partial charge on any atom is -0.310 e. The van der Waals surface area contributed by atoms with E-state index in [1.54, 1.807) is 6.07 Å². The lowest BCUT2D eigenvalue weighted by Gasteiger charge is -2.33. The van der Waals surface area contributed by atoms with E-state index in [2.05, 4.69) is 22.9 Å². The summed E-state index contributed by atoms with van der Waals surface area (Å²) in [7, 11) is 0. The van der Waals surface area contributed by atoms with Gasteiger partial charge < -0.3 is 4.90 Å². The first-order valence-electron chi connectivity index (χ1n) is 7.05. The predicted molar refractivity (Wildman–Crippen MR) is 89.5 cm³/mol. The van der Waals surface area contributed by atoms with E-state index >= 15 is 0 Å². The van der Waals surface area contributed by atoms with Gasteiger partial charge in [0, 0.05) is 22.0 Å². The van der Waals surface area contributed by atoms with Crippen molar-refractivity contribution >= 4 is 45.0 Å². The number of nitrogens with zero attached hydrogens (tertiary/aromatic N) is 1. The number of rotatable bonds is 2. The van der Waals surface area contributed by atoms with E-state index in [4.69, 9.17) is 23.2 Å². The van der Waals surface area contributed by atoms with Gasteiger partial charge in [-0.3, -0.25) is 4.79 Å². The quantitative estimate of drug-likeness (QED) is 0.652. The van der Waals surface area contributed by atoms with E-state index in [0.29, 0.717) is 23.0 Å². The first-order valence-corrected chi connectivity index (χ1v) is 8.60. The molecular formula is C16H16BrCl2NO. The van der Waals surface area contributed by atoms with Crippen molar-refractivity contribution in [2.75, 3.05) is 0 Å². The summed E-state index contributed by atoms with van der Waals surface area (Å²) in [6.45, 7) is 2.67. The van der Waals surface area contributed by atoms with Gasteiger partial charge in [-0.2, -0.15) is 0 Å². The molecule has 3 rings (SSSR count). The molecule has 0 saturated carbocycles. The highest BCUT2D eigenvalue weighted by atomic mass is 79.9. The number of benzene rings is 1. The van der Waals surface area contributed by atoms with E-state index in [1.165, 1.54) is 0 Å². The van der Waals surface area contributed by atoms with Crippen LogP contribution < -0.4 is 0 Å². The van der Waals surface area contributed by atoms with Crippen LogP contribution in [0.5, 0.6) is 0 Å². The molecule has 1 aliphatic carbocycles. The number of likely N-dealkylation sites (tertiary alicyclic amines) is 1. The van der Waals surface area contributed by atoms with E-state index in [0.717, 1.165) is 35.0 Å². The van der Waals surface area contributed by atoms with Crippen LogP contribution in [-0.2, 0) is 11.3 Å². The van der Waals surface area contributed by atoms with Crippen molar-refractivity contribution in [3.63, 3.8) is 0 Å². The number of hydrogen-bond acceptors (Lipinski definition) is 1. The van der Waals surface area contributed by atoms with E-state index in [1.807, 2.05) is 17.0 Å². The molecule has 1 amide bonds. The van der Waals surface area contributed by atoms with Crippen LogP contribution in [-0.4, -0.2) is 10.8 Å². The molecule has 1 atom stereocenters. The molecule has 1 heterocycles. The lowest BCUT2D eigenvalue weighted by Crippen LogP contribution is -2.27. The maximum Gasteiger partial charge on any atom is 0.228 e.